The van der Waals surface area contributed by atoms with Crippen LogP contribution in [0.1, 0.15) is 13.8 Å². The number of ether oxygens (including phenoxy) is 1. The van der Waals surface area contributed by atoms with Gasteiger partial charge in [0, 0.05) is 37.0 Å². The second kappa shape index (κ2) is 7.52. The van der Waals surface area contributed by atoms with Gasteiger partial charge in [0.15, 0.2) is 0 Å². The van der Waals surface area contributed by atoms with Gasteiger partial charge in [-0.25, -0.2) is 4.79 Å². The fraction of sp³-hybridized carbons (Fsp3) is 0.235. The average molecular weight is 345 g/mol. The lowest BCUT2D eigenvalue weighted by molar-refractivity contribution is -0.384. The molecule has 1 amide bonds. The molecule has 2 rings (SSSR count). The summed E-state index contributed by atoms with van der Waals surface area (Å²) in [5.74, 6) is 0.832. The maximum absolute atomic E-state index is 11.1. The van der Waals surface area contributed by atoms with E-state index in [2.05, 4.69) is 5.32 Å². The average Bonchev–Trinajstić information content (AvgIpc) is 2.53. The monoisotopic (exact) mass is 345 g/mol. The molecule has 0 aliphatic rings. The van der Waals surface area contributed by atoms with Crippen molar-refractivity contribution < 1.29 is 19.6 Å². The number of carbonyl (C=O) groups is 1. The van der Waals surface area contributed by atoms with E-state index in [1.54, 1.807) is 12.1 Å². The summed E-state index contributed by atoms with van der Waals surface area (Å²) in [5, 5.41) is 23.4. The Hall–Kier alpha value is -3.29. The van der Waals surface area contributed by atoms with E-state index in [9.17, 15) is 14.9 Å². The number of nitrogens with zero attached hydrogens (tertiary/aromatic N) is 2. The Balaban J connectivity index is 2.33. The SMILES string of the molecule is CC(C)Nc1cccc(Oc2ccc([N+](=O)[O-])c(N(C)C(=O)O)c2)c1. The summed E-state index contributed by atoms with van der Waals surface area (Å²) in [4.78, 5) is 22.4. The highest BCUT2D eigenvalue weighted by Gasteiger charge is 2.22. The number of hydrogen-bond donors (Lipinski definition) is 2. The molecule has 0 heterocycles. The van der Waals surface area contributed by atoms with Crippen molar-refractivity contribution >= 4 is 23.2 Å². The van der Waals surface area contributed by atoms with Crippen LogP contribution in [0.4, 0.5) is 21.9 Å². The van der Waals surface area contributed by atoms with Gasteiger partial charge in [0.05, 0.1) is 4.92 Å². The summed E-state index contributed by atoms with van der Waals surface area (Å²) in [6.07, 6.45) is -1.30. The largest absolute Gasteiger partial charge is 0.465 e. The van der Waals surface area contributed by atoms with Crippen molar-refractivity contribution in [3.63, 3.8) is 0 Å². The molecule has 0 aliphatic heterocycles. The Morgan fingerprint density at radius 3 is 2.52 bits per heavy atom. The molecule has 0 saturated heterocycles. The lowest BCUT2D eigenvalue weighted by Crippen LogP contribution is -2.24. The second-order valence-corrected chi connectivity index (χ2v) is 5.68. The van der Waals surface area contributed by atoms with Gasteiger partial charge in [-0.05, 0) is 32.0 Å². The molecule has 0 atom stereocenters. The first kappa shape index (κ1) is 18.1. The van der Waals surface area contributed by atoms with Crippen LogP contribution in [-0.4, -0.2) is 29.2 Å². The van der Waals surface area contributed by atoms with Crippen molar-refractivity contribution in [1.82, 2.24) is 0 Å². The molecule has 132 valence electrons. The van der Waals surface area contributed by atoms with Gasteiger partial charge in [-0.15, -0.1) is 0 Å². The minimum atomic E-state index is -1.30. The normalized spacial score (nSPS) is 10.4. The summed E-state index contributed by atoms with van der Waals surface area (Å²) in [6, 6.07) is 11.5. The molecule has 2 aromatic carbocycles. The molecule has 8 heteroatoms. The molecule has 2 aromatic rings. The number of hydrogen-bond acceptors (Lipinski definition) is 5. The van der Waals surface area contributed by atoms with E-state index in [0.29, 0.717) is 11.5 Å². The molecule has 0 saturated carbocycles. The van der Waals surface area contributed by atoms with Crippen molar-refractivity contribution in [3.8, 4) is 11.5 Å². The van der Waals surface area contributed by atoms with E-state index in [-0.39, 0.29) is 17.4 Å². The molecule has 0 spiro atoms. The third kappa shape index (κ3) is 4.60. The van der Waals surface area contributed by atoms with Crippen LogP contribution >= 0.6 is 0 Å². The van der Waals surface area contributed by atoms with E-state index in [0.717, 1.165) is 10.6 Å². The first-order chi connectivity index (χ1) is 11.8. The van der Waals surface area contributed by atoms with Crippen LogP contribution in [-0.2, 0) is 0 Å². The summed E-state index contributed by atoms with van der Waals surface area (Å²) in [5.41, 5.74) is 0.497. The van der Waals surface area contributed by atoms with Crippen LogP contribution in [0.5, 0.6) is 11.5 Å². The zero-order valence-electron chi connectivity index (χ0n) is 14.1. The molecule has 0 radical (unpaired) electrons. The van der Waals surface area contributed by atoms with E-state index >= 15 is 0 Å². The van der Waals surface area contributed by atoms with Crippen LogP contribution in [0.2, 0.25) is 0 Å². The molecule has 0 unspecified atom stereocenters. The number of anilines is 2. The third-order valence-electron chi connectivity index (χ3n) is 3.32. The molecular weight excluding hydrogens is 326 g/mol. The number of nitro benzene ring substituents is 1. The fourth-order valence-corrected chi connectivity index (χ4v) is 2.21. The summed E-state index contributed by atoms with van der Waals surface area (Å²) < 4.78 is 5.72. The topological polar surface area (TPSA) is 105 Å². The minimum absolute atomic E-state index is 0.0635. The van der Waals surface area contributed by atoms with Crippen molar-refractivity contribution in [2.45, 2.75) is 19.9 Å². The second-order valence-electron chi connectivity index (χ2n) is 5.68. The first-order valence-corrected chi connectivity index (χ1v) is 7.57. The molecular formula is C17H19N3O5. The van der Waals surface area contributed by atoms with Crippen LogP contribution < -0.4 is 15.0 Å². The highest BCUT2D eigenvalue weighted by molar-refractivity contribution is 5.89. The summed E-state index contributed by atoms with van der Waals surface area (Å²) in [6.45, 7) is 4.02. The fourth-order valence-electron chi connectivity index (χ4n) is 2.21. The number of carboxylic acid groups (broad SMARTS) is 1. The van der Waals surface area contributed by atoms with Crippen LogP contribution in [0.3, 0.4) is 0 Å². The Bertz CT molecular complexity index is 792. The maximum atomic E-state index is 11.1. The first-order valence-electron chi connectivity index (χ1n) is 7.57. The molecule has 0 bridgehead atoms. The van der Waals surface area contributed by atoms with Gasteiger partial charge >= 0.3 is 6.09 Å². The minimum Gasteiger partial charge on any atom is -0.465 e. The van der Waals surface area contributed by atoms with E-state index in [4.69, 9.17) is 9.84 Å². The van der Waals surface area contributed by atoms with E-state index in [1.807, 2.05) is 26.0 Å². The summed E-state index contributed by atoms with van der Waals surface area (Å²) >= 11 is 0. The van der Waals surface area contributed by atoms with Crippen molar-refractivity contribution in [2.24, 2.45) is 0 Å². The Kier molecular flexibility index (Phi) is 5.43. The Morgan fingerprint density at radius 2 is 1.92 bits per heavy atom. The zero-order valence-corrected chi connectivity index (χ0v) is 14.1. The van der Waals surface area contributed by atoms with Gasteiger partial charge in [0.2, 0.25) is 0 Å². The molecule has 25 heavy (non-hydrogen) atoms. The number of benzene rings is 2. The zero-order chi connectivity index (χ0) is 18.6. The number of rotatable bonds is 6. The standard InChI is InChI=1S/C17H19N3O5/c1-11(2)18-12-5-4-6-13(9-12)25-14-7-8-15(20(23)24)16(10-14)19(3)17(21)22/h4-11,18H,1-3H3,(H,21,22). The van der Waals surface area contributed by atoms with E-state index < -0.39 is 11.0 Å². The van der Waals surface area contributed by atoms with Gasteiger partial charge in [-0.3, -0.25) is 15.0 Å². The third-order valence-corrected chi connectivity index (χ3v) is 3.32. The Labute approximate surface area is 144 Å². The smallest absolute Gasteiger partial charge is 0.411 e. The highest BCUT2D eigenvalue weighted by Crippen LogP contribution is 2.34. The molecule has 8 nitrogen and oxygen atoms in total. The lowest BCUT2D eigenvalue weighted by atomic mass is 10.2. The molecule has 0 fully saturated rings. The maximum Gasteiger partial charge on any atom is 0.411 e. The predicted octanol–water partition coefficient (Wildman–Crippen LogP) is 4.32. The van der Waals surface area contributed by atoms with Crippen molar-refractivity contribution in [1.29, 1.82) is 0 Å². The highest BCUT2D eigenvalue weighted by atomic mass is 16.6. The molecule has 0 aromatic heterocycles. The van der Waals surface area contributed by atoms with Crippen LogP contribution in [0, 0.1) is 10.1 Å². The molecule has 2 N–H and O–H groups in total. The van der Waals surface area contributed by atoms with E-state index in [1.165, 1.54) is 25.2 Å². The lowest BCUT2D eigenvalue weighted by Gasteiger charge is -2.15. The van der Waals surface area contributed by atoms with Crippen LogP contribution in [0.25, 0.3) is 0 Å². The molecule has 0 aliphatic carbocycles. The number of nitro groups is 1. The summed E-state index contributed by atoms with van der Waals surface area (Å²) in [7, 11) is 1.24. The van der Waals surface area contributed by atoms with Crippen molar-refractivity contribution in [3.05, 3.63) is 52.6 Å². The predicted molar refractivity (Wildman–Crippen MR) is 94.8 cm³/mol. The van der Waals surface area contributed by atoms with Crippen molar-refractivity contribution in [2.75, 3.05) is 17.3 Å². The Morgan fingerprint density at radius 1 is 1.24 bits per heavy atom. The van der Waals surface area contributed by atoms with Gasteiger partial charge in [-0.1, -0.05) is 6.07 Å². The number of amides is 1. The van der Waals surface area contributed by atoms with Gasteiger partial charge in [0.25, 0.3) is 5.69 Å². The van der Waals surface area contributed by atoms with Gasteiger partial charge in [0.1, 0.15) is 17.2 Å². The van der Waals surface area contributed by atoms with Gasteiger partial charge in [-0.2, -0.15) is 0 Å². The van der Waals surface area contributed by atoms with Gasteiger partial charge < -0.3 is 15.2 Å². The van der Waals surface area contributed by atoms with Crippen LogP contribution in [0.15, 0.2) is 42.5 Å². The quantitative estimate of drug-likeness (QED) is 0.596. The number of nitrogens with one attached hydrogen (secondary N) is 1.